The highest BCUT2D eigenvalue weighted by atomic mass is 16.3. The van der Waals surface area contributed by atoms with E-state index in [9.17, 15) is 14.7 Å². The summed E-state index contributed by atoms with van der Waals surface area (Å²) in [6.45, 7) is 8.04. The number of aromatic hydroxyl groups is 1. The van der Waals surface area contributed by atoms with Crippen molar-refractivity contribution in [1.82, 2.24) is 9.55 Å². The van der Waals surface area contributed by atoms with Crippen LogP contribution in [0, 0.1) is 0 Å². The lowest BCUT2D eigenvalue weighted by molar-refractivity contribution is 0.409. The minimum Gasteiger partial charge on any atom is -0.494 e. The molecule has 0 fully saturated rings. The van der Waals surface area contributed by atoms with Gasteiger partial charge in [0.1, 0.15) is 5.56 Å². The van der Waals surface area contributed by atoms with E-state index in [1.165, 1.54) is 6.08 Å². The molecule has 0 aliphatic carbocycles. The van der Waals surface area contributed by atoms with Crippen LogP contribution in [0.25, 0.3) is 0 Å². The lowest BCUT2D eigenvalue weighted by Crippen LogP contribution is -2.33. The summed E-state index contributed by atoms with van der Waals surface area (Å²) in [7, 11) is 0. The first kappa shape index (κ1) is 16.9. The Bertz CT molecular complexity index is 626. The third kappa shape index (κ3) is 4.44. The molecular formula is C15H23N3O3. The largest absolute Gasteiger partial charge is 0.494 e. The summed E-state index contributed by atoms with van der Waals surface area (Å²) in [5.41, 5.74) is -0.792. The lowest BCUT2D eigenvalue weighted by atomic mass is 10.2. The molecule has 1 heterocycles. The Balaban J connectivity index is 3.03. The van der Waals surface area contributed by atoms with Crippen molar-refractivity contribution < 1.29 is 5.11 Å². The van der Waals surface area contributed by atoms with Crippen LogP contribution < -0.4 is 11.2 Å². The molecule has 21 heavy (non-hydrogen) atoms. The SMILES string of the molecule is C=CCn1c(O)c(C(C)=NCCCCCC)c(=O)[nH]c1=O. The fraction of sp³-hybridized carbons (Fsp3) is 0.533. The van der Waals surface area contributed by atoms with E-state index in [1.54, 1.807) is 6.92 Å². The predicted octanol–water partition coefficient (Wildman–Crippen LogP) is 1.82. The van der Waals surface area contributed by atoms with Gasteiger partial charge in [-0.25, -0.2) is 4.79 Å². The van der Waals surface area contributed by atoms with Gasteiger partial charge in [0.15, 0.2) is 0 Å². The van der Waals surface area contributed by atoms with E-state index < -0.39 is 11.2 Å². The van der Waals surface area contributed by atoms with E-state index in [-0.39, 0.29) is 18.0 Å². The van der Waals surface area contributed by atoms with Crippen LogP contribution in [0.15, 0.2) is 27.2 Å². The highest BCUT2D eigenvalue weighted by molar-refractivity contribution is 6.00. The van der Waals surface area contributed by atoms with E-state index in [1.807, 2.05) is 0 Å². The Hall–Kier alpha value is -2.11. The fourth-order valence-electron chi connectivity index (χ4n) is 2.05. The quantitative estimate of drug-likeness (QED) is 0.435. The highest BCUT2D eigenvalue weighted by Crippen LogP contribution is 2.11. The molecule has 0 aromatic carbocycles. The number of allylic oxidation sites excluding steroid dienone is 1. The molecule has 1 aromatic heterocycles. The minimum absolute atomic E-state index is 0.0481. The molecule has 0 aliphatic heterocycles. The standard InChI is InChI=1S/C15H23N3O3/c1-4-6-7-8-9-16-11(3)12-13(19)17-15(21)18(10-5-2)14(12)20/h5,20H,2,4,6-10H2,1,3H3,(H,17,19,21). The summed E-state index contributed by atoms with van der Waals surface area (Å²) in [5.74, 6) is -0.363. The Morgan fingerprint density at radius 2 is 2.10 bits per heavy atom. The van der Waals surface area contributed by atoms with E-state index >= 15 is 0 Å². The van der Waals surface area contributed by atoms with Crippen LogP contribution in [-0.2, 0) is 6.54 Å². The van der Waals surface area contributed by atoms with Gasteiger partial charge in [-0.1, -0.05) is 32.3 Å². The maximum atomic E-state index is 11.9. The second kappa shape index (κ2) is 8.24. The molecule has 0 aliphatic rings. The first-order chi connectivity index (χ1) is 10.0. The van der Waals surface area contributed by atoms with Crippen molar-refractivity contribution in [3.8, 4) is 5.88 Å². The molecule has 0 saturated heterocycles. The summed E-state index contributed by atoms with van der Waals surface area (Å²) >= 11 is 0. The number of rotatable bonds is 8. The zero-order valence-electron chi connectivity index (χ0n) is 12.7. The average molecular weight is 293 g/mol. The number of hydrogen-bond acceptors (Lipinski definition) is 4. The van der Waals surface area contributed by atoms with Gasteiger partial charge in [-0.15, -0.1) is 6.58 Å². The maximum absolute atomic E-state index is 11.9. The second-order valence-electron chi connectivity index (χ2n) is 4.88. The molecular weight excluding hydrogens is 270 g/mol. The van der Waals surface area contributed by atoms with Crippen LogP contribution in [0.4, 0.5) is 0 Å². The topological polar surface area (TPSA) is 87.4 Å². The Morgan fingerprint density at radius 3 is 2.71 bits per heavy atom. The van der Waals surface area contributed by atoms with Crippen LogP contribution in [-0.4, -0.2) is 26.9 Å². The number of hydrogen-bond donors (Lipinski definition) is 2. The molecule has 0 amide bonds. The predicted molar refractivity (Wildman–Crippen MR) is 84.4 cm³/mol. The first-order valence-corrected chi connectivity index (χ1v) is 7.21. The Morgan fingerprint density at radius 1 is 1.38 bits per heavy atom. The Kier molecular flexibility index (Phi) is 6.65. The average Bonchev–Trinajstić information content (AvgIpc) is 2.43. The number of nitrogens with one attached hydrogen (secondary N) is 1. The third-order valence-corrected chi connectivity index (χ3v) is 3.21. The Labute approximate surface area is 123 Å². The van der Waals surface area contributed by atoms with E-state index in [0.717, 1.165) is 30.3 Å². The molecule has 0 unspecified atom stereocenters. The normalized spacial score (nSPS) is 11.6. The van der Waals surface area contributed by atoms with Crippen molar-refractivity contribution in [2.24, 2.45) is 4.99 Å². The van der Waals surface area contributed by atoms with Gasteiger partial charge in [0.25, 0.3) is 5.56 Å². The van der Waals surface area contributed by atoms with Crippen molar-refractivity contribution in [1.29, 1.82) is 0 Å². The number of nitrogens with zero attached hydrogens (tertiary/aromatic N) is 2. The van der Waals surface area contributed by atoms with Gasteiger partial charge >= 0.3 is 5.69 Å². The molecule has 1 rings (SSSR count). The third-order valence-electron chi connectivity index (χ3n) is 3.21. The highest BCUT2D eigenvalue weighted by Gasteiger charge is 2.15. The van der Waals surface area contributed by atoms with Gasteiger partial charge in [0.2, 0.25) is 5.88 Å². The molecule has 6 nitrogen and oxygen atoms in total. The van der Waals surface area contributed by atoms with Crippen molar-refractivity contribution in [3.63, 3.8) is 0 Å². The summed E-state index contributed by atoms with van der Waals surface area (Å²) in [5, 5.41) is 10.1. The van der Waals surface area contributed by atoms with Gasteiger partial charge in [0.05, 0.1) is 0 Å². The first-order valence-electron chi connectivity index (χ1n) is 7.21. The molecule has 0 atom stereocenters. The van der Waals surface area contributed by atoms with E-state index in [2.05, 4.69) is 23.5 Å². The molecule has 0 saturated carbocycles. The van der Waals surface area contributed by atoms with Gasteiger partial charge in [-0.05, 0) is 13.3 Å². The smallest absolute Gasteiger partial charge is 0.331 e. The molecule has 0 spiro atoms. The fourth-order valence-corrected chi connectivity index (χ4v) is 2.05. The number of aromatic amines is 1. The summed E-state index contributed by atoms with van der Waals surface area (Å²) < 4.78 is 1.06. The number of H-pyrrole nitrogens is 1. The molecule has 6 heteroatoms. The summed E-state index contributed by atoms with van der Waals surface area (Å²) in [4.78, 5) is 30.0. The molecule has 116 valence electrons. The minimum atomic E-state index is -0.656. The van der Waals surface area contributed by atoms with Gasteiger partial charge in [-0.2, -0.15) is 0 Å². The van der Waals surface area contributed by atoms with Crippen molar-refractivity contribution >= 4 is 5.71 Å². The van der Waals surface area contributed by atoms with Crippen molar-refractivity contribution in [2.45, 2.75) is 46.1 Å². The summed E-state index contributed by atoms with van der Waals surface area (Å²) in [6, 6.07) is 0. The van der Waals surface area contributed by atoms with Crippen LogP contribution >= 0.6 is 0 Å². The zero-order valence-corrected chi connectivity index (χ0v) is 12.7. The second-order valence-corrected chi connectivity index (χ2v) is 4.88. The van der Waals surface area contributed by atoms with Gasteiger partial charge < -0.3 is 5.11 Å². The molecule has 2 N–H and O–H groups in total. The van der Waals surface area contributed by atoms with Crippen molar-refractivity contribution in [2.75, 3.05) is 6.54 Å². The van der Waals surface area contributed by atoms with E-state index in [0.29, 0.717) is 12.3 Å². The number of aliphatic imine (C=N–C) groups is 1. The maximum Gasteiger partial charge on any atom is 0.331 e. The summed E-state index contributed by atoms with van der Waals surface area (Å²) in [6.07, 6.45) is 5.81. The monoisotopic (exact) mass is 293 g/mol. The van der Waals surface area contributed by atoms with Crippen LogP contribution in [0.1, 0.15) is 45.1 Å². The van der Waals surface area contributed by atoms with Crippen LogP contribution in [0.5, 0.6) is 5.88 Å². The van der Waals surface area contributed by atoms with Crippen LogP contribution in [0.2, 0.25) is 0 Å². The van der Waals surface area contributed by atoms with Gasteiger partial charge in [0, 0.05) is 18.8 Å². The van der Waals surface area contributed by atoms with Crippen LogP contribution in [0.3, 0.4) is 0 Å². The zero-order chi connectivity index (χ0) is 15.8. The number of aromatic nitrogens is 2. The van der Waals surface area contributed by atoms with E-state index in [4.69, 9.17) is 0 Å². The number of unbranched alkanes of at least 4 members (excludes halogenated alkanes) is 3. The molecule has 0 radical (unpaired) electrons. The molecule has 0 bridgehead atoms. The van der Waals surface area contributed by atoms with Gasteiger partial charge in [-0.3, -0.25) is 19.3 Å². The van der Waals surface area contributed by atoms with Crippen molar-refractivity contribution in [3.05, 3.63) is 39.1 Å². The molecule has 1 aromatic rings. The lowest BCUT2D eigenvalue weighted by Gasteiger charge is -2.09.